The molecular weight excluding hydrogens is 259 g/mol. The molecule has 0 radical (unpaired) electrons. The lowest BCUT2D eigenvalue weighted by atomic mass is 10.1. The molecule has 1 heterocycles. The van der Waals surface area contributed by atoms with E-state index in [1.54, 1.807) is 19.9 Å². The number of halogens is 1. The van der Waals surface area contributed by atoms with E-state index in [2.05, 4.69) is 10.3 Å². The van der Waals surface area contributed by atoms with Crippen LogP contribution in [0, 0.1) is 12.7 Å². The number of benzene rings is 1. The molecule has 20 heavy (non-hydrogen) atoms. The van der Waals surface area contributed by atoms with Gasteiger partial charge in [-0.15, -0.1) is 0 Å². The van der Waals surface area contributed by atoms with E-state index in [9.17, 15) is 9.18 Å². The SMILES string of the molecule is CCNc1c(C(=O)OCC)cnc2c(C)c(F)ccc12. The largest absolute Gasteiger partial charge is 0.462 e. The summed E-state index contributed by atoms with van der Waals surface area (Å²) >= 11 is 0. The third-order valence-electron chi connectivity index (χ3n) is 3.08. The molecule has 0 aliphatic rings. The lowest BCUT2D eigenvalue weighted by Gasteiger charge is -2.14. The lowest BCUT2D eigenvalue weighted by molar-refractivity contribution is 0.0527. The van der Waals surface area contributed by atoms with E-state index in [1.165, 1.54) is 12.3 Å². The second-order valence-corrected chi connectivity index (χ2v) is 4.37. The molecule has 0 aliphatic heterocycles. The second-order valence-electron chi connectivity index (χ2n) is 4.37. The zero-order valence-corrected chi connectivity index (χ0v) is 11.8. The van der Waals surface area contributed by atoms with Crippen LogP contribution in [0.1, 0.15) is 29.8 Å². The van der Waals surface area contributed by atoms with Crippen molar-refractivity contribution in [3.63, 3.8) is 0 Å². The van der Waals surface area contributed by atoms with Gasteiger partial charge in [0.25, 0.3) is 0 Å². The molecule has 0 saturated carbocycles. The van der Waals surface area contributed by atoms with Crippen molar-refractivity contribution in [1.82, 2.24) is 4.98 Å². The van der Waals surface area contributed by atoms with Gasteiger partial charge in [-0.25, -0.2) is 9.18 Å². The lowest BCUT2D eigenvalue weighted by Crippen LogP contribution is -2.11. The zero-order valence-electron chi connectivity index (χ0n) is 11.8. The molecule has 106 valence electrons. The minimum atomic E-state index is -0.431. The second kappa shape index (κ2) is 5.86. The number of esters is 1. The van der Waals surface area contributed by atoms with E-state index in [1.807, 2.05) is 6.92 Å². The number of nitrogens with zero attached hydrogens (tertiary/aromatic N) is 1. The molecule has 0 amide bonds. The highest BCUT2D eigenvalue weighted by Crippen LogP contribution is 2.29. The van der Waals surface area contributed by atoms with Gasteiger partial charge in [0.15, 0.2) is 0 Å². The number of carbonyl (C=O) groups excluding carboxylic acids is 1. The fraction of sp³-hybridized carbons (Fsp3) is 0.333. The van der Waals surface area contributed by atoms with E-state index in [4.69, 9.17) is 4.74 Å². The molecule has 1 aromatic heterocycles. The van der Waals surface area contributed by atoms with Crippen LogP contribution >= 0.6 is 0 Å². The summed E-state index contributed by atoms with van der Waals surface area (Å²) in [6, 6.07) is 3.01. The van der Waals surface area contributed by atoms with Crippen LogP contribution < -0.4 is 5.32 Å². The van der Waals surface area contributed by atoms with Crippen LogP contribution in [0.25, 0.3) is 10.9 Å². The maximum absolute atomic E-state index is 13.6. The van der Waals surface area contributed by atoms with Gasteiger partial charge < -0.3 is 10.1 Å². The van der Waals surface area contributed by atoms with Gasteiger partial charge in [0.1, 0.15) is 11.4 Å². The summed E-state index contributed by atoms with van der Waals surface area (Å²) in [7, 11) is 0. The molecule has 2 aromatic rings. The van der Waals surface area contributed by atoms with Gasteiger partial charge in [-0.1, -0.05) is 0 Å². The molecule has 4 nitrogen and oxygen atoms in total. The number of nitrogens with one attached hydrogen (secondary N) is 1. The zero-order chi connectivity index (χ0) is 14.7. The molecule has 1 N–H and O–H groups in total. The van der Waals surface area contributed by atoms with E-state index in [0.717, 1.165) is 5.39 Å². The molecule has 0 unspecified atom stereocenters. The highest BCUT2D eigenvalue weighted by Gasteiger charge is 2.17. The molecule has 1 aromatic carbocycles. The van der Waals surface area contributed by atoms with Crippen LogP contribution in [-0.2, 0) is 4.74 Å². The van der Waals surface area contributed by atoms with Crippen molar-refractivity contribution in [2.45, 2.75) is 20.8 Å². The number of fused-ring (bicyclic) bond motifs is 1. The van der Waals surface area contributed by atoms with Crippen molar-refractivity contribution in [2.75, 3.05) is 18.5 Å². The average molecular weight is 276 g/mol. The number of pyridine rings is 1. The van der Waals surface area contributed by atoms with Crippen LogP contribution in [0.2, 0.25) is 0 Å². The van der Waals surface area contributed by atoms with Gasteiger partial charge in [-0.2, -0.15) is 0 Å². The fourth-order valence-corrected chi connectivity index (χ4v) is 2.11. The third-order valence-corrected chi connectivity index (χ3v) is 3.08. The maximum Gasteiger partial charge on any atom is 0.341 e. The summed E-state index contributed by atoms with van der Waals surface area (Å²) in [5, 5.41) is 3.86. The minimum Gasteiger partial charge on any atom is -0.462 e. The molecule has 5 heteroatoms. The molecule has 0 spiro atoms. The van der Waals surface area contributed by atoms with Crippen molar-refractivity contribution in [2.24, 2.45) is 0 Å². The molecular formula is C15H17FN2O2. The molecule has 0 bridgehead atoms. The quantitative estimate of drug-likeness (QED) is 0.871. The molecule has 0 fully saturated rings. The first-order valence-electron chi connectivity index (χ1n) is 6.58. The van der Waals surface area contributed by atoms with E-state index in [0.29, 0.717) is 35.5 Å². The Kier molecular flexibility index (Phi) is 4.17. The summed E-state index contributed by atoms with van der Waals surface area (Å²) in [5.41, 5.74) is 2.03. The Hall–Kier alpha value is -2.17. The summed E-state index contributed by atoms with van der Waals surface area (Å²) in [5.74, 6) is -0.740. The molecule has 0 saturated heterocycles. The Morgan fingerprint density at radius 3 is 2.80 bits per heavy atom. The number of rotatable bonds is 4. The van der Waals surface area contributed by atoms with Gasteiger partial charge >= 0.3 is 5.97 Å². The number of ether oxygens (including phenoxy) is 1. The number of aryl methyl sites for hydroxylation is 1. The predicted molar refractivity (Wildman–Crippen MR) is 76.6 cm³/mol. The van der Waals surface area contributed by atoms with Crippen LogP contribution in [-0.4, -0.2) is 24.1 Å². The first kappa shape index (κ1) is 14.2. The Bertz CT molecular complexity index is 656. The number of anilines is 1. The molecule has 0 aliphatic carbocycles. The van der Waals surface area contributed by atoms with E-state index < -0.39 is 5.97 Å². The molecule has 0 atom stereocenters. The highest BCUT2D eigenvalue weighted by molar-refractivity contribution is 6.05. The monoisotopic (exact) mass is 276 g/mol. The number of aromatic nitrogens is 1. The fourth-order valence-electron chi connectivity index (χ4n) is 2.11. The van der Waals surface area contributed by atoms with Crippen molar-refractivity contribution in [3.8, 4) is 0 Å². The van der Waals surface area contributed by atoms with E-state index >= 15 is 0 Å². The normalized spacial score (nSPS) is 10.6. The van der Waals surface area contributed by atoms with Crippen molar-refractivity contribution < 1.29 is 13.9 Å². The van der Waals surface area contributed by atoms with Gasteiger partial charge in [-0.05, 0) is 32.9 Å². The molecule has 2 rings (SSSR count). The van der Waals surface area contributed by atoms with Crippen LogP contribution in [0.4, 0.5) is 10.1 Å². The van der Waals surface area contributed by atoms with Gasteiger partial charge in [0, 0.05) is 23.7 Å². The maximum atomic E-state index is 13.6. The third kappa shape index (κ3) is 2.43. The minimum absolute atomic E-state index is 0.297. The van der Waals surface area contributed by atoms with Crippen LogP contribution in [0.15, 0.2) is 18.3 Å². The Labute approximate surface area is 117 Å². The van der Waals surface area contributed by atoms with Crippen molar-refractivity contribution >= 4 is 22.6 Å². The van der Waals surface area contributed by atoms with Gasteiger partial charge in [0.2, 0.25) is 0 Å². The first-order chi connectivity index (χ1) is 9.60. The van der Waals surface area contributed by atoms with Crippen LogP contribution in [0.3, 0.4) is 0 Å². The number of hydrogen-bond acceptors (Lipinski definition) is 4. The summed E-state index contributed by atoms with van der Waals surface area (Å²) < 4.78 is 18.6. The highest BCUT2D eigenvalue weighted by atomic mass is 19.1. The predicted octanol–water partition coefficient (Wildman–Crippen LogP) is 3.29. The van der Waals surface area contributed by atoms with Gasteiger partial charge in [-0.3, -0.25) is 4.98 Å². The topological polar surface area (TPSA) is 51.2 Å². The standard InChI is InChI=1S/C15H17FN2O2/c1-4-17-14-10-6-7-12(16)9(3)13(10)18-8-11(14)15(19)20-5-2/h6-8H,4-5H2,1-3H3,(H,17,18). The Morgan fingerprint density at radius 2 is 2.15 bits per heavy atom. The number of hydrogen-bond donors (Lipinski definition) is 1. The van der Waals surface area contributed by atoms with Crippen molar-refractivity contribution in [1.29, 1.82) is 0 Å². The van der Waals surface area contributed by atoms with Gasteiger partial charge in [0.05, 0.1) is 17.8 Å². The Morgan fingerprint density at radius 1 is 1.40 bits per heavy atom. The smallest absolute Gasteiger partial charge is 0.341 e. The average Bonchev–Trinajstić information content (AvgIpc) is 2.43. The Balaban J connectivity index is 2.69. The summed E-state index contributed by atoms with van der Waals surface area (Å²) in [6.45, 7) is 6.29. The van der Waals surface area contributed by atoms with Crippen LogP contribution in [0.5, 0.6) is 0 Å². The first-order valence-corrected chi connectivity index (χ1v) is 6.58. The summed E-state index contributed by atoms with van der Waals surface area (Å²) in [6.07, 6.45) is 1.44. The van der Waals surface area contributed by atoms with E-state index in [-0.39, 0.29) is 5.82 Å². The summed E-state index contributed by atoms with van der Waals surface area (Å²) in [4.78, 5) is 16.2. The number of carbonyl (C=O) groups is 1. The van der Waals surface area contributed by atoms with Crippen molar-refractivity contribution in [3.05, 3.63) is 35.3 Å².